The first-order valence-electron chi connectivity index (χ1n) is 5.68. The Hall–Kier alpha value is -0.670. The van der Waals surface area contributed by atoms with Gasteiger partial charge < -0.3 is 10.5 Å². The molecular formula is C13H21NOS. The van der Waals surface area contributed by atoms with E-state index in [-0.39, 0.29) is 6.04 Å². The van der Waals surface area contributed by atoms with E-state index < -0.39 is 0 Å². The molecule has 3 heteroatoms. The number of ether oxygens (including phenoxy) is 1. The highest BCUT2D eigenvalue weighted by Gasteiger charge is 2.00. The van der Waals surface area contributed by atoms with Crippen molar-refractivity contribution in [2.45, 2.75) is 25.8 Å². The number of hydrogen-bond acceptors (Lipinski definition) is 3. The molecule has 2 nitrogen and oxygen atoms in total. The van der Waals surface area contributed by atoms with Crippen molar-refractivity contribution in [3.8, 4) is 5.75 Å². The number of hydrogen-bond donors (Lipinski definition) is 1. The van der Waals surface area contributed by atoms with Crippen molar-refractivity contribution in [3.05, 3.63) is 29.8 Å². The summed E-state index contributed by atoms with van der Waals surface area (Å²) in [5.74, 6) is 2.11. The first-order chi connectivity index (χ1) is 7.72. The molecule has 0 saturated heterocycles. The lowest BCUT2D eigenvalue weighted by Gasteiger charge is -2.09. The van der Waals surface area contributed by atoms with Crippen molar-refractivity contribution in [1.82, 2.24) is 0 Å². The minimum Gasteiger partial charge on any atom is -0.494 e. The van der Waals surface area contributed by atoms with Gasteiger partial charge in [-0.1, -0.05) is 12.1 Å². The highest BCUT2D eigenvalue weighted by atomic mass is 32.2. The van der Waals surface area contributed by atoms with Gasteiger partial charge in [0.2, 0.25) is 0 Å². The summed E-state index contributed by atoms with van der Waals surface area (Å²) in [5, 5.41) is 0. The van der Waals surface area contributed by atoms with Crippen molar-refractivity contribution < 1.29 is 4.74 Å². The molecule has 0 spiro atoms. The van der Waals surface area contributed by atoms with Crippen LogP contribution in [0.1, 0.15) is 18.9 Å². The molecule has 0 radical (unpaired) electrons. The van der Waals surface area contributed by atoms with Crippen molar-refractivity contribution >= 4 is 11.8 Å². The summed E-state index contributed by atoms with van der Waals surface area (Å²) < 4.78 is 5.68. The van der Waals surface area contributed by atoms with Gasteiger partial charge in [-0.2, -0.15) is 11.8 Å². The van der Waals surface area contributed by atoms with Crippen LogP contribution in [0.4, 0.5) is 0 Å². The normalized spacial score (nSPS) is 12.4. The molecule has 0 heterocycles. The standard InChI is InChI=1S/C13H21NOS/c1-11(14)9-12-5-3-6-13(10-12)15-7-4-8-16-2/h3,5-6,10-11H,4,7-9,14H2,1-2H3. The molecule has 0 aromatic heterocycles. The van der Waals surface area contributed by atoms with E-state index in [1.807, 2.05) is 30.8 Å². The van der Waals surface area contributed by atoms with Crippen LogP contribution in [0.5, 0.6) is 5.75 Å². The minimum atomic E-state index is 0.201. The molecular weight excluding hydrogens is 218 g/mol. The fourth-order valence-corrected chi connectivity index (χ4v) is 1.93. The SMILES string of the molecule is CSCCCOc1cccc(CC(C)N)c1. The van der Waals surface area contributed by atoms with Crippen LogP contribution in [0.25, 0.3) is 0 Å². The van der Waals surface area contributed by atoms with Gasteiger partial charge >= 0.3 is 0 Å². The van der Waals surface area contributed by atoms with Crippen molar-refractivity contribution in [3.63, 3.8) is 0 Å². The van der Waals surface area contributed by atoms with Gasteiger partial charge in [-0.25, -0.2) is 0 Å². The van der Waals surface area contributed by atoms with Crippen LogP contribution in [0.3, 0.4) is 0 Å². The quantitative estimate of drug-likeness (QED) is 0.743. The van der Waals surface area contributed by atoms with Gasteiger partial charge in [-0.05, 0) is 49.5 Å². The average Bonchev–Trinajstić information content (AvgIpc) is 2.24. The molecule has 1 atom stereocenters. The summed E-state index contributed by atoms with van der Waals surface area (Å²) in [6.45, 7) is 2.81. The largest absolute Gasteiger partial charge is 0.494 e. The molecule has 0 amide bonds. The van der Waals surface area contributed by atoms with Crippen molar-refractivity contribution in [2.75, 3.05) is 18.6 Å². The van der Waals surface area contributed by atoms with E-state index in [1.54, 1.807) is 0 Å². The zero-order chi connectivity index (χ0) is 11.8. The van der Waals surface area contributed by atoms with Gasteiger partial charge in [-0.15, -0.1) is 0 Å². The highest BCUT2D eigenvalue weighted by molar-refractivity contribution is 7.98. The first kappa shape index (κ1) is 13.4. The molecule has 0 saturated carbocycles. The average molecular weight is 239 g/mol. The zero-order valence-corrected chi connectivity index (χ0v) is 10.9. The summed E-state index contributed by atoms with van der Waals surface area (Å²) in [4.78, 5) is 0. The predicted octanol–water partition coefficient (Wildman–Crippen LogP) is 2.71. The van der Waals surface area contributed by atoms with Gasteiger partial charge in [0, 0.05) is 6.04 Å². The molecule has 0 bridgehead atoms. The molecule has 0 aliphatic rings. The van der Waals surface area contributed by atoms with Crippen LogP contribution < -0.4 is 10.5 Å². The number of thioether (sulfide) groups is 1. The van der Waals surface area contributed by atoms with E-state index in [4.69, 9.17) is 10.5 Å². The third-order valence-corrected chi connectivity index (χ3v) is 2.91. The minimum absolute atomic E-state index is 0.201. The lowest BCUT2D eigenvalue weighted by molar-refractivity contribution is 0.318. The topological polar surface area (TPSA) is 35.2 Å². The van der Waals surface area contributed by atoms with E-state index in [0.29, 0.717) is 0 Å². The summed E-state index contributed by atoms with van der Waals surface area (Å²) in [6, 6.07) is 8.41. The Morgan fingerprint density at radius 1 is 1.44 bits per heavy atom. The van der Waals surface area contributed by atoms with E-state index in [2.05, 4.69) is 18.4 Å². The van der Waals surface area contributed by atoms with Gasteiger partial charge in [0.15, 0.2) is 0 Å². The molecule has 16 heavy (non-hydrogen) atoms. The van der Waals surface area contributed by atoms with E-state index in [1.165, 1.54) is 5.56 Å². The van der Waals surface area contributed by atoms with Gasteiger partial charge in [0.1, 0.15) is 5.75 Å². The van der Waals surface area contributed by atoms with E-state index in [9.17, 15) is 0 Å². The van der Waals surface area contributed by atoms with Crippen LogP contribution in [0.2, 0.25) is 0 Å². The van der Waals surface area contributed by atoms with E-state index in [0.717, 1.165) is 31.0 Å². The lowest BCUT2D eigenvalue weighted by atomic mass is 10.1. The lowest BCUT2D eigenvalue weighted by Crippen LogP contribution is -2.17. The number of benzene rings is 1. The van der Waals surface area contributed by atoms with Crippen LogP contribution in [0.15, 0.2) is 24.3 Å². The Kier molecular flexibility index (Phi) is 6.34. The van der Waals surface area contributed by atoms with Crippen LogP contribution in [-0.2, 0) is 6.42 Å². The van der Waals surface area contributed by atoms with Crippen LogP contribution >= 0.6 is 11.8 Å². The second-order valence-electron chi connectivity index (χ2n) is 4.02. The molecule has 0 aliphatic heterocycles. The second kappa shape index (κ2) is 7.58. The van der Waals surface area contributed by atoms with Gasteiger partial charge in [-0.3, -0.25) is 0 Å². The Morgan fingerprint density at radius 2 is 2.25 bits per heavy atom. The number of nitrogens with two attached hydrogens (primary N) is 1. The predicted molar refractivity (Wildman–Crippen MR) is 72.3 cm³/mol. The van der Waals surface area contributed by atoms with E-state index >= 15 is 0 Å². The Morgan fingerprint density at radius 3 is 2.94 bits per heavy atom. The van der Waals surface area contributed by atoms with Crippen molar-refractivity contribution in [1.29, 1.82) is 0 Å². The molecule has 1 rings (SSSR count). The molecule has 90 valence electrons. The third kappa shape index (κ3) is 5.42. The Bertz CT molecular complexity index is 302. The van der Waals surface area contributed by atoms with Gasteiger partial charge in [0.05, 0.1) is 6.61 Å². The fraction of sp³-hybridized carbons (Fsp3) is 0.538. The Balaban J connectivity index is 2.41. The van der Waals surface area contributed by atoms with Crippen molar-refractivity contribution in [2.24, 2.45) is 5.73 Å². The highest BCUT2D eigenvalue weighted by Crippen LogP contribution is 2.14. The molecule has 1 aromatic rings. The summed E-state index contributed by atoms with van der Waals surface area (Å²) in [6.07, 6.45) is 4.12. The van der Waals surface area contributed by atoms with Gasteiger partial charge in [0.25, 0.3) is 0 Å². The molecule has 2 N–H and O–H groups in total. The zero-order valence-electron chi connectivity index (χ0n) is 10.1. The summed E-state index contributed by atoms with van der Waals surface area (Å²) >= 11 is 1.85. The molecule has 1 unspecified atom stereocenters. The fourth-order valence-electron chi connectivity index (χ4n) is 1.53. The smallest absolute Gasteiger partial charge is 0.119 e. The Labute approximate surface area is 103 Å². The molecule has 1 aromatic carbocycles. The van der Waals surface area contributed by atoms with Crippen LogP contribution in [0, 0.1) is 0 Å². The first-order valence-corrected chi connectivity index (χ1v) is 7.08. The molecule has 0 aliphatic carbocycles. The summed E-state index contributed by atoms with van der Waals surface area (Å²) in [7, 11) is 0. The van der Waals surface area contributed by atoms with Crippen LogP contribution in [-0.4, -0.2) is 24.7 Å². The maximum absolute atomic E-state index is 5.77. The second-order valence-corrected chi connectivity index (χ2v) is 5.01. The maximum atomic E-state index is 5.77. The third-order valence-electron chi connectivity index (χ3n) is 2.22. The summed E-state index contributed by atoms with van der Waals surface area (Å²) in [5.41, 5.74) is 7.02. The number of rotatable bonds is 7. The molecule has 0 fully saturated rings. The maximum Gasteiger partial charge on any atom is 0.119 e. The monoisotopic (exact) mass is 239 g/mol.